The van der Waals surface area contributed by atoms with Crippen molar-refractivity contribution in [2.24, 2.45) is 17.4 Å². The molecular weight excluding hydrogens is 262 g/mol. The molecular formula is C17H27N3O. The van der Waals surface area contributed by atoms with Crippen molar-refractivity contribution in [3.8, 4) is 0 Å². The number of nitrogens with two attached hydrogens (primary N) is 2. The van der Waals surface area contributed by atoms with E-state index in [9.17, 15) is 4.79 Å². The van der Waals surface area contributed by atoms with Gasteiger partial charge < -0.3 is 16.4 Å². The van der Waals surface area contributed by atoms with Gasteiger partial charge in [-0.25, -0.2) is 0 Å². The molecule has 4 nitrogen and oxygen atoms in total. The Morgan fingerprint density at radius 3 is 2.76 bits per heavy atom. The summed E-state index contributed by atoms with van der Waals surface area (Å²) in [4.78, 5) is 14.4. The molecule has 0 bridgehead atoms. The number of nitrogens with zero attached hydrogens (tertiary/aromatic N) is 1. The van der Waals surface area contributed by atoms with Gasteiger partial charge in [0.05, 0.1) is 0 Å². The molecule has 21 heavy (non-hydrogen) atoms. The second-order valence-corrected chi connectivity index (χ2v) is 6.07. The molecule has 0 unspecified atom stereocenters. The molecule has 0 aromatic heterocycles. The number of amides is 1. The number of rotatable bonds is 5. The van der Waals surface area contributed by atoms with E-state index < -0.39 is 0 Å². The van der Waals surface area contributed by atoms with Crippen molar-refractivity contribution in [1.29, 1.82) is 0 Å². The number of hydrogen-bond acceptors (Lipinski definition) is 3. The summed E-state index contributed by atoms with van der Waals surface area (Å²) in [5.41, 5.74) is 13.1. The van der Waals surface area contributed by atoms with Crippen molar-refractivity contribution in [2.45, 2.75) is 44.7 Å². The molecule has 1 aliphatic rings. The van der Waals surface area contributed by atoms with Gasteiger partial charge in [-0.05, 0) is 30.7 Å². The van der Waals surface area contributed by atoms with Crippen LogP contribution in [0.5, 0.6) is 0 Å². The molecule has 0 saturated carbocycles. The van der Waals surface area contributed by atoms with Gasteiger partial charge in [-0.1, -0.05) is 37.3 Å². The minimum absolute atomic E-state index is 0.0753. The maximum atomic E-state index is 12.5. The molecule has 1 aromatic carbocycles. The monoisotopic (exact) mass is 289 g/mol. The summed E-state index contributed by atoms with van der Waals surface area (Å²) >= 11 is 0. The summed E-state index contributed by atoms with van der Waals surface area (Å²) < 4.78 is 0. The summed E-state index contributed by atoms with van der Waals surface area (Å²) in [5.74, 6) is 0.693. The lowest BCUT2D eigenvalue weighted by Crippen LogP contribution is -2.51. The van der Waals surface area contributed by atoms with E-state index in [2.05, 4.69) is 6.92 Å². The van der Waals surface area contributed by atoms with Crippen molar-refractivity contribution >= 4 is 5.91 Å². The Hall–Kier alpha value is -1.39. The van der Waals surface area contributed by atoms with Gasteiger partial charge in [-0.2, -0.15) is 0 Å². The predicted molar refractivity (Wildman–Crippen MR) is 85.6 cm³/mol. The molecule has 1 aromatic rings. The zero-order chi connectivity index (χ0) is 15.2. The van der Waals surface area contributed by atoms with Gasteiger partial charge >= 0.3 is 0 Å². The van der Waals surface area contributed by atoms with E-state index in [-0.39, 0.29) is 18.0 Å². The van der Waals surface area contributed by atoms with Crippen LogP contribution in [0, 0.1) is 5.92 Å². The number of likely N-dealkylation sites (tertiary alicyclic amines) is 1. The predicted octanol–water partition coefficient (Wildman–Crippen LogP) is 2.05. The average molecular weight is 289 g/mol. The van der Waals surface area contributed by atoms with E-state index in [1.807, 2.05) is 35.2 Å². The molecule has 1 saturated heterocycles. The van der Waals surface area contributed by atoms with Gasteiger partial charge in [0.1, 0.15) is 0 Å². The molecule has 0 spiro atoms. The largest absolute Gasteiger partial charge is 0.338 e. The van der Waals surface area contributed by atoms with Crippen LogP contribution >= 0.6 is 0 Å². The second kappa shape index (κ2) is 7.57. The molecule has 116 valence electrons. The Morgan fingerprint density at radius 2 is 2.10 bits per heavy atom. The van der Waals surface area contributed by atoms with Crippen LogP contribution in [-0.2, 0) is 4.79 Å². The van der Waals surface area contributed by atoms with Crippen LogP contribution in [0.1, 0.15) is 44.2 Å². The highest BCUT2D eigenvalue weighted by atomic mass is 16.2. The lowest BCUT2D eigenvalue weighted by Gasteiger charge is -2.39. The summed E-state index contributed by atoms with van der Waals surface area (Å²) in [5, 5.41) is 0. The Balaban J connectivity index is 1.89. The third-order valence-corrected chi connectivity index (χ3v) is 4.57. The topological polar surface area (TPSA) is 72.3 Å². The van der Waals surface area contributed by atoms with Crippen LogP contribution in [0.3, 0.4) is 0 Å². The van der Waals surface area contributed by atoms with Gasteiger partial charge in [-0.15, -0.1) is 0 Å². The van der Waals surface area contributed by atoms with Crippen LogP contribution in [0.2, 0.25) is 0 Å². The molecule has 0 aliphatic carbocycles. The van der Waals surface area contributed by atoms with Gasteiger partial charge in [0.15, 0.2) is 0 Å². The van der Waals surface area contributed by atoms with Gasteiger partial charge in [0, 0.05) is 31.6 Å². The second-order valence-electron chi connectivity index (χ2n) is 6.07. The van der Waals surface area contributed by atoms with Crippen molar-refractivity contribution in [2.75, 3.05) is 13.1 Å². The zero-order valence-electron chi connectivity index (χ0n) is 12.9. The molecule has 3 atom stereocenters. The Bertz CT molecular complexity index is 449. The van der Waals surface area contributed by atoms with E-state index in [4.69, 9.17) is 11.5 Å². The van der Waals surface area contributed by atoms with Crippen molar-refractivity contribution < 1.29 is 4.79 Å². The number of benzene rings is 1. The minimum Gasteiger partial charge on any atom is -0.338 e. The Labute approximate surface area is 127 Å². The van der Waals surface area contributed by atoms with Gasteiger partial charge in [0.25, 0.3) is 0 Å². The highest BCUT2D eigenvalue weighted by Gasteiger charge is 2.30. The van der Waals surface area contributed by atoms with E-state index in [1.165, 1.54) is 0 Å². The first kappa shape index (κ1) is 16.0. The molecule has 1 amide bonds. The maximum Gasteiger partial charge on any atom is 0.222 e. The van der Waals surface area contributed by atoms with Crippen LogP contribution in [-0.4, -0.2) is 29.9 Å². The first-order valence-electron chi connectivity index (χ1n) is 7.93. The third-order valence-electron chi connectivity index (χ3n) is 4.57. The van der Waals surface area contributed by atoms with Gasteiger partial charge in [-0.3, -0.25) is 4.79 Å². The number of carbonyl (C=O) groups excluding carboxylic acids is 1. The number of hydrogen-bond donors (Lipinski definition) is 2. The lowest BCUT2D eigenvalue weighted by atomic mass is 9.90. The highest BCUT2D eigenvalue weighted by Crippen LogP contribution is 2.24. The minimum atomic E-state index is -0.0753. The number of piperidine rings is 1. The highest BCUT2D eigenvalue weighted by molar-refractivity contribution is 5.76. The quantitative estimate of drug-likeness (QED) is 0.871. The van der Waals surface area contributed by atoms with E-state index in [0.717, 1.165) is 24.9 Å². The maximum absolute atomic E-state index is 12.5. The smallest absolute Gasteiger partial charge is 0.222 e. The standard InChI is InChI=1S/C17H27N3O/c1-13-6-5-11-20(16(13)12-18)17(21)10-9-15(19)14-7-3-2-4-8-14/h2-4,7-8,13,15-16H,5-6,9-12,18-19H2,1H3/t13-,15+,16-/m1/s1. The summed E-state index contributed by atoms with van der Waals surface area (Å²) in [7, 11) is 0. The SMILES string of the molecule is C[C@@H]1CCCN(C(=O)CC[C@H](N)c2ccccc2)[C@@H]1CN. The van der Waals surface area contributed by atoms with Crippen molar-refractivity contribution in [3.63, 3.8) is 0 Å². The van der Waals surface area contributed by atoms with Crippen LogP contribution < -0.4 is 11.5 Å². The summed E-state index contributed by atoms with van der Waals surface area (Å²) in [6.07, 6.45) is 3.42. The first-order valence-corrected chi connectivity index (χ1v) is 7.93. The molecule has 1 heterocycles. The molecule has 0 radical (unpaired) electrons. The van der Waals surface area contributed by atoms with E-state index in [0.29, 0.717) is 25.3 Å². The molecule has 1 aliphatic heterocycles. The molecule has 4 heteroatoms. The fourth-order valence-corrected chi connectivity index (χ4v) is 3.21. The fraction of sp³-hybridized carbons (Fsp3) is 0.588. The average Bonchev–Trinajstić information content (AvgIpc) is 2.52. The van der Waals surface area contributed by atoms with Crippen LogP contribution in [0.25, 0.3) is 0 Å². The van der Waals surface area contributed by atoms with E-state index >= 15 is 0 Å². The Morgan fingerprint density at radius 1 is 1.38 bits per heavy atom. The van der Waals surface area contributed by atoms with Gasteiger partial charge in [0.2, 0.25) is 5.91 Å². The normalized spacial score (nSPS) is 23.9. The summed E-state index contributed by atoms with van der Waals surface area (Å²) in [6.45, 7) is 3.58. The third kappa shape index (κ3) is 4.05. The van der Waals surface area contributed by atoms with E-state index in [1.54, 1.807) is 0 Å². The molecule has 1 fully saturated rings. The molecule has 4 N–H and O–H groups in total. The fourth-order valence-electron chi connectivity index (χ4n) is 3.21. The van der Waals surface area contributed by atoms with Crippen molar-refractivity contribution in [3.05, 3.63) is 35.9 Å². The first-order chi connectivity index (χ1) is 10.1. The zero-order valence-corrected chi connectivity index (χ0v) is 12.9. The van der Waals surface area contributed by atoms with Crippen molar-refractivity contribution in [1.82, 2.24) is 4.90 Å². The van der Waals surface area contributed by atoms with Crippen LogP contribution in [0.4, 0.5) is 0 Å². The summed E-state index contributed by atoms with van der Waals surface area (Å²) in [6, 6.07) is 10.1. The molecule has 2 rings (SSSR count). The van der Waals surface area contributed by atoms with Crippen LogP contribution in [0.15, 0.2) is 30.3 Å². The Kier molecular flexibility index (Phi) is 5.76. The lowest BCUT2D eigenvalue weighted by molar-refractivity contribution is -0.136. The number of carbonyl (C=O) groups is 1.